The summed E-state index contributed by atoms with van der Waals surface area (Å²) in [5.74, 6) is 0.462. The van der Waals surface area contributed by atoms with Crippen molar-refractivity contribution in [3.05, 3.63) is 28.2 Å². The topological polar surface area (TPSA) is 35.2 Å². The van der Waals surface area contributed by atoms with Gasteiger partial charge in [-0.15, -0.1) is 12.4 Å². The van der Waals surface area contributed by atoms with Gasteiger partial charge < -0.3 is 10.5 Å². The first-order valence-corrected chi connectivity index (χ1v) is 5.75. The molecule has 2 N–H and O–H groups in total. The summed E-state index contributed by atoms with van der Waals surface area (Å²) < 4.78 is 31.9. The molecule has 0 amide bonds. The molecule has 96 valence electrons. The minimum atomic E-state index is -1.41. The molecule has 0 saturated carbocycles. The highest BCUT2D eigenvalue weighted by molar-refractivity contribution is 9.10. The summed E-state index contributed by atoms with van der Waals surface area (Å²) in [6.07, 6.45) is 0.161. The van der Waals surface area contributed by atoms with Gasteiger partial charge in [-0.1, -0.05) is 22.0 Å². The normalized spacial score (nSPS) is 21.1. The van der Waals surface area contributed by atoms with Crippen molar-refractivity contribution in [3.63, 3.8) is 0 Å². The van der Waals surface area contributed by atoms with E-state index < -0.39 is 19.0 Å². The van der Waals surface area contributed by atoms with Gasteiger partial charge in [-0.3, -0.25) is 0 Å². The van der Waals surface area contributed by atoms with Crippen molar-refractivity contribution in [2.45, 2.75) is 18.1 Å². The van der Waals surface area contributed by atoms with E-state index in [9.17, 15) is 8.78 Å². The minimum Gasteiger partial charge on any atom is -0.481 e. The van der Waals surface area contributed by atoms with E-state index in [1.165, 1.54) is 0 Å². The first-order chi connectivity index (χ1) is 7.60. The Morgan fingerprint density at radius 3 is 2.65 bits per heavy atom. The molecule has 0 fully saturated rings. The van der Waals surface area contributed by atoms with Crippen LogP contribution in [0.2, 0.25) is 0 Å². The highest BCUT2D eigenvalue weighted by Crippen LogP contribution is 2.40. The molecule has 2 rings (SSSR count). The molecule has 1 unspecified atom stereocenters. The first kappa shape index (κ1) is 14.7. The molecule has 6 heteroatoms. The summed E-state index contributed by atoms with van der Waals surface area (Å²) in [4.78, 5) is 0. The average molecular weight is 329 g/mol. The van der Waals surface area contributed by atoms with Crippen LogP contribution < -0.4 is 10.5 Å². The van der Waals surface area contributed by atoms with Crippen LogP contribution in [-0.4, -0.2) is 19.0 Å². The molecule has 0 radical (unpaired) electrons. The highest BCUT2D eigenvalue weighted by Gasteiger charge is 2.40. The molecule has 1 heterocycles. The van der Waals surface area contributed by atoms with Gasteiger partial charge in [0.1, 0.15) is 19.1 Å². The van der Waals surface area contributed by atoms with E-state index in [4.69, 9.17) is 10.5 Å². The van der Waals surface area contributed by atoms with Crippen LogP contribution in [-0.2, 0) is 0 Å². The SMILES string of the molecule is Cl.NC1CC(CF)(CF)Oc2cc(Br)ccc21. The van der Waals surface area contributed by atoms with E-state index in [1.807, 2.05) is 12.1 Å². The maximum atomic E-state index is 12.9. The molecule has 17 heavy (non-hydrogen) atoms. The Labute approximate surface area is 113 Å². The summed E-state index contributed by atoms with van der Waals surface area (Å²) in [6.45, 7) is -1.74. The third-order valence-corrected chi connectivity index (χ3v) is 3.27. The van der Waals surface area contributed by atoms with Crippen LogP contribution >= 0.6 is 28.3 Å². The van der Waals surface area contributed by atoms with Gasteiger partial charge in [0.15, 0.2) is 5.60 Å². The van der Waals surface area contributed by atoms with Crippen LogP contribution in [0.4, 0.5) is 8.78 Å². The van der Waals surface area contributed by atoms with Gasteiger partial charge in [0.05, 0.1) is 0 Å². The van der Waals surface area contributed by atoms with Gasteiger partial charge in [-0.2, -0.15) is 0 Å². The zero-order valence-electron chi connectivity index (χ0n) is 8.96. The average Bonchev–Trinajstić information content (AvgIpc) is 2.28. The van der Waals surface area contributed by atoms with Gasteiger partial charge in [0.2, 0.25) is 0 Å². The van der Waals surface area contributed by atoms with Gasteiger partial charge in [-0.25, -0.2) is 8.78 Å². The summed E-state index contributed by atoms with van der Waals surface area (Å²) in [5, 5.41) is 0. The third-order valence-electron chi connectivity index (χ3n) is 2.78. The maximum absolute atomic E-state index is 12.9. The van der Waals surface area contributed by atoms with E-state index in [1.54, 1.807) is 6.07 Å². The predicted molar refractivity (Wildman–Crippen MR) is 68.2 cm³/mol. The molecule has 2 nitrogen and oxygen atoms in total. The van der Waals surface area contributed by atoms with Crippen LogP contribution in [0.25, 0.3) is 0 Å². The molecular weight excluding hydrogens is 315 g/mol. The summed E-state index contributed by atoms with van der Waals surface area (Å²) >= 11 is 3.28. The lowest BCUT2D eigenvalue weighted by Gasteiger charge is -2.37. The van der Waals surface area contributed by atoms with Crippen LogP contribution in [0.5, 0.6) is 5.75 Å². The largest absolute Gasteiger partial charge is 0.481 e. The monoisotopic (exact) mass is 327 g/mol. The van der Waals surface area contributed by atoms with E-state index >= 15 is 0 Å². The van der Waals surface area contributed by atoms with Gasteiger partial charge >= 0.3 is 0 Å². The van der Waals surface area contributed by atoms with Crippen LogP contribution in [0, 0.1) is 0 Å². The number of halogens is 4. The van der Waals surface area contributed by atoms with Crippen molar-refractivity contribution >= 4 is 28.3 Å². The number of alkyl halides is 2. The Morgan fingerprint density at radius 2 is 2.06 bits per heavy atom. The van der Waals surface area contributed by atoms with Gasteiger partial charge in [0.25, 0.3) is 0 Å². The Bertz CT molecular complexity index is 401. The molecule has 0 spiro atoms. The molecule has 1 aromatic rings. The number of benzene rings is 1. The van der Waals surface area contributed by atoms with Crippen molar-refractivity contribution in [3.8, 4) is 5.75 Å². The smallest absolute Gasteiger partial charge is 0.167 e. The van der Waals surface area contributed by atoms with Crippen molar-refractivity contribution in [1.82, 2.24) is 0 Å². The van der Waals surface area contributed by atoms with Crippen LogP contribution in [0.15, 0.2) is 22.7 Å². The molecule has 1 aliphatic rings. The fourth-order valence-corrected chi connectivity index (χ4v) is 2.23. The fraction of sp³-hybridized carbons (Fsp3) is 0.455. The molecule has 0 saturated heterocycles. The summed E-state index contributed by atoms with van der Waals surface area (Å²) in [5.41, 5.74) is 5.28. The molecular formula is C11H13BrClF2NO. The Kier molecular flexibility index (Phi) is 4.75. The minimum absolute atomic E-state index is 0. The Morgan fingerprint density at radius 1 is 1.41 bits per heavy atom. The number of rotatable bonds is 2. The zero-order valence-corrected chi connectivity index (χ0v) is 11.4. The number of hydrogen-bond donors (Lipinski definition) is 1. The molecule has 1 atom stereocenters. The summed E-state index contributed by atoms with van der Waals surface area (Å²) in [6, 6.07) is 4.95. The van der Waals surface area contributed by atoms with E-state index in [2.05, 4.69) is 15.9 Å². The highest BCUT2D eigenvalue weighted by atomic mass is 79.9. The Hall–Kier alpha value is -0.390. The maximum Gasteiger partial charge on any atom is 0.167 e. The van der Waals surface area contributed by atoms with E-state index in [-0.39, 0.29) is 24.9 Å². The van der Waals surface area contributed by atoms with Crippen LogP contribution in [0.1, 0.15) is 18.0 Å². The van der Waals surface area contributed by atoms with Crippen LogP contribution in [0.3, 0.4) is 0 Å². The quantitative estimate of drug-likeness (QED) is 0.904. The summed E-state index contributed by atoms with van der Waals surface area (Å²) in [7, 11) is 0. The molecule has 1 aromatic carbocycles. The molecule has 0 aromatic heterocycles. The fourth-order valence-electron chi connectivity index (χ4n) is 1.89. The Balaban J connectivity index is 0.00000144. The number of fused-ring (bicyclic) bond motifs is 1. The van der Waals surface area contributed by atoms with Crippen molar-refractivity contribution < 1.29 is 13.5 Å². The first-order valence-electron chi connectivity index (χ1n) is 4.96. The number of hydrogen-bond acceptors (Lipinski definition) is 2. The number of nitrogens with two attached hydrogens (primary N) is 1. The molecule has 1 aliphatic heterocycles. The lowest BCUT2D eigenvalue weighted by molar-refractivity contribution is -0.00784. The standard InChI is InChI=1S/C11H12BrF2NO.ClH/c12-7-1-2-8-9(15)4-11(5-13,6-14)16-10(8)3-7;/h1-3,9H,4-6,15H2;1H. The lowest BCUT2D eigenvalue weighted by Crippen LogP contribution is -2.46. The zero-order chi connectivity index (χ0) is 11.8. The van der Waals surface area contributed by atoms with Gasteiger partial charge in [-0.05, 0) is 12.1 Å². The third kappa shape index (κ3) is 2.72. The number of ether oxygens (including phenoxy) is 1. The molecule has 0 aliphatic carbocycles. The predicted octanol–water partition coefficient (Wildman–Crippen LogP) is 3.33. The second-order valence-corrected chi connectivity index (χ2v) is 4.96. The van der Waals surface area contributed by atoms with Crippen molar-refractivity contribution in [2.75, 3.05) is 13.3 Å². The lowest BCUT2D eigenvalue weighted by atomic mass is 9.89. The van der Waals surface area contributed by atoms with E-state index in [0.29, 0.717) is 5.75 Å². The van der Waals surface area contributed by atoms with Crippen molar-refractivity contribution in [2.24, 2.45) is 5.73 Å². The second-order valence-electron chi connectivity index (χ2n) is 4.05. The van der Waals surface area contributed by atoms with E-state index in [0.717, 1.165) is 10.0 Å². The second kappa shape index (κ2) is 5.50. The molecule has 0 bridgehead atoms. The van der Waals surface area contributed by atoms with Gasteiger partial charge in [0, 0.05) is 22.5 Å². The van der Waals surface area contributed by atoms with Crippen molar-refractivity contribution in [1.29, 1.82) is 0 Å².